The molecule has 3 rings (SSSR count). The van der Waals surface area contributed by atoms with Crippen molar-refractivity contribution in [3.05, 3.63) is 101 Å². The second-order valence-corrected chi connectivity index (χ2v) is 7.99. The number of rotatable bonds is 9. The first-order valence-corrected chi connectivity index (χ1v) is 10.8. The van der Waals surface area contributed by atoms with Gasteiger partial charge in [0.2, 0.25) is 11.8 Å². The summed E-state index contributed by atoms with van der Waals surface area (Å²) >= 11 is 5.96. The van der Waals surface area contributed by atoms with Crippen molar-refractivity contribution in [1.82, 2.24) is 10.2 Å². The SMILES string of the molecule is COc1ccc(CNC(=O)C(C)N(Cc2ccccc2)C(=O)Cc2ccc(Cl)cc2)cc1. The van der Waals surface area contributed by atoms with E-state index >= 15 is 0 Å². The molecule has 2 amide bonds. The highest BCUT2D eigenvalue weighted by Crippen LogP contribution is 2.15. The Balaban J connectivity index is 1.70. The van der Waals surface area contributed by atoms with Crippen LogP contribution in [-0.2, 0) is 29.1 Å². The van der Waals surface area contributed by atoms with Crippen molar-refractivity contribution in [2.45, 2.75) is 32.5 Å². The predicted octanol–water partition coefficient (Wildman–Crippen LogP) is 4.62. The molecule has 0 aromatic heterocycles. The minimum absolute atomic E-state index is 0.122. The molecule has 32 heavy (non-hydrogen) atoms. The van der Waals surface area contributed by atoms with Crippen LogP contribution in [0.1, 0.15) is 23.6 Å². The molecule has 1 unspecified atom stereocenters. The molecule has 166 valence electrons. The van der Waals surface area contributed by atoms with Crippen LogP contribution < -0.4 is 10.1 Å². The summed E-state index contributed by atoms with van der Waals surface area (Å²) in [5, 5.41) is 3.56. The van der Waals surface area contributed by atoms with Crippen molar-refractivity contribution in [3.8, 4) is 5.75 Å². The van der Waals surface area contributed by atoms with Crippen LogP contribution in [-0.4, -0.2) is 29.9 Å². The van der Waals surface area contributed by atoms with E-state index in [1.54, 1.807) is 31.1 Å². The molecule has 1 atom stereocenters. The third-order valence-electron chi connectivity index (χ3n) is 5.26. The van der Waals surface area contributed by atoms with E-state index < -0.39 is 6.04 Å². The highest BCUT2D eigenvalue weighted by atomic mass is 35.5. The van der Waals surface area contributed by atoms with E-state index in [-0.39, 0.29) is 18.2 Å². The molecule has 0 aliphatic rings. The van der Waals surface area contributed by atoms with E-state index in [0.717, 1.165) is 22.4 Å². The number of ether oxygens (including phenoxy) is 1. The highest BCUT2D eigenvalue weighted by molar-refractivity contribution is 6.30. The Labute approximate surface area is 194 Å². The monoisotopic (exact) mass is 450 g/mol. The Bertz CT molecular complexity index is 1020. The lowest BCUT2D eigenvalue weighted by molar-refractivity contribution is -0.140. The molecule has 3 aromatic carbocycles. The van der Waals surface area contributed by atoms with Crippen LogP contribution in [0, 0.1) is 0 Å². The van der Waals surface area contributed by atoms with Gasteiger partial charge in [-0.2, -0.15) is 0 Å². The fourth-order valence-electron chi connectivity index (χ4n) is 3.32. The molecule has 0 saturated heterocycles. The van der Waals surface area contributed by atoms with Crippen LogP contribution in [0.4, 0.5) is 0 Å². The topological polar surface area (TPSA) is 58.6 Å². The lowest BCUT2D eigenvalue weighted by Gasteiger charge is -2.29. The number of hydrogen-bond acceptors (Lipinski definition) is 3. The van der Waals surface area contributed by atoms with E-state index in [0.29, 0.717) is 18.1 Å². The number of carbonyl (C=O) groups is 2. The summed E-state index contributed by atoms with van der Waals surface area (Å²) in [7, 11) is 1.61. The normalized spacial score (nSPS) is 11.5. The summed E-state index contributed by atoms with van der Waals surface area (Å²) < 4.78 is 5.16. The summed E-state index contributed by atoms with van der Waals surface area (Å²) in [6.45, 7) is 2.48. The van der Waals surface area contributed by atoms with Crippen molar-refractivity contribution in [1.29, 1.82) is 0 Å². The van der Waals surface area contributed by atoms with Gasteiger partial charge in [-0.05, 0) is 47.9 Å². The maximum atomic E-state index is 13.2. The molecule has 0 saturated carbocycles. The minimum atomic E-state index is -0.631. The molecule has 5 nitrogen and oxygen atoms in total. The van der Waals surface area contributed by atoms with Crippen LogP contribution in [0.15, 0.2) is 78.9 Å². The van der Waals surface area contributed by atoms with Crippen molar-refractivity contribution in [2.75, 3.05) is 7.11 Å². The second kappa shape index (κ2) is 11.3. The molecule has 0 radical (unpaired) electrons. The van der Waals surface area contributed by atoms with Gasteiger partial charge < -0.3 is 15.0 Å². The summed E-state index contributed by atoms with van der Waals surface area (Å²) in [6, 6.07) is 23.7. The van der Waals surface area contributed by atoms with E-state index in [2.05, 4.69) is 5.32 Å². The quantitative estimate of drug-likeness (QED) is 0.517. The number of amides is 2. The average Bonchev–Trinajstić information content (AvgIpc) is 2.83. The predicted molar refractivity (Wildman–Crippen MR) is 126 cm³/mol. The smallest absolute Gasteiger partial charge is 0.242 e. The molecular weight excluding hydrogens is 424 g/mol. The molecule has 0 heterocycles. The van der Waals surface area contributed by atoms with Crippen molar-refractivity contribution in [2.24, 2.45) is 0 Å². The van der Waals surface area contributed by atoms with E-state index in [9.17, 15) is 9.59 Å². The average molecular weight is 451 g/mol. The van der Waals surface area contributed by atoms with Gasteiger partial charge in [-0.1, -0.05) is 66.2 Å². The fourth-order valence-corrected chi connectivity index (χ4v) is 3.45. The summed E-state index contributed by atoms with van der Waals surface area (Å²) in [4.78, 5) is 27.7. The Morgan fingerprint density at radius 1 is 0.906 bits per heavy atom. The van der Waals surface area contributed by atoms with Crippen LogP contribution >= 0.6 is 11.6 Å². The molecule has 0 aliphatic heterocycles. The van der Waals surface area contributed by atoms with Gasteiger partial charge in [0.15, 0.2) is 0 Å². The number of carbonyl (C=O) groups excluding carboxylic acids is 2. The van der Waals surface area contributed by atoms with Crippen LogP contribution in [0.3, 0.4) is 0 Å². The molecule has 0 fully saturated rings. The van der Waals surface area contributed by atoms with E-state index in [1.165, 1.54) is 0 Å². The molecule has 0 bridgehead atoms. The molecule has 0 spiro atoms. The van der Waals surface area contributed by atoms with Crippen molar-refractivity contribution in [3.63, 3.8) is 0 Å². The standard InChI is InChI=1S/C26H27ClN2O3/c1-19(26(31)28-17-21-10-14-24(32-2)15-11-21)29(18-22-6-4-3-5-7-22)25(30)16-20-8-12-23(27)13-9-20/h3-15,19H,16-18H2,1-2H3,(H,28,31). The summed E-state index contributed by atoms with van der Waals surface area (Å²) in [5.74, 6) is 0.430. The third-order valence-corrected chi connectivity index (χ3v) is 5.51. The molecule has 0 aliphatic carbocycles. The molecule has 3 aromatic rings. The zero-order chi connectivity index (χ0) is 22.9. The minimum Gasteiger partial charge on any atom is -0.497 e. The number of methoxy groups -OCH3 is 1. The molecule has 1 N–H and O–H groups in total. The summed E-state index contributed by atoms with van der Waals surface area (Å²) in [5.41, 5.74) is 2.77. The van der Waals surface area contributed by atoms with Gasteiger partial charge in [-0.25, -0.2) is 0 Å². The second-order valence-electron chi connectivity index (χ2n) is 7.55. The molecule has 6 heteroatoms. The number of halogens is 1. The maximum absolute atomic E-state index is 13.2. The largest absolute Gasteiger partial charge is 0.497 e. The first kappa shape index (κ1) is 23.4. The maximum Gasteiger partial charge on any atom is 0.242 e. The van der Waals surface area contributed by atoms with Crippen molar-refractivity contribution < 1.29 is 14.3 Å². The van der Waals surface area contributed by atoms with Crippen molar-refractivity contribution >= 4 is 23.4 Å². The fraction of sp³-hybridized carbons (Fsp3) is 0.231. The Morgan fingerprint density at radius 2 is 1.53 bits per heavy atom. The van der Waals surface area contributed by atoms with Crippen LogP contribution in [0.5, 0.6) is 5.75 Å². The Hall–Kier alpha value is -3.31. The first-order chi connectivity index (χ1) is 15.5. The van der Waals surface area contributed by atoms with Gasteiger partial charge >= 0.3 is 0 Å². The van der Waals surface area contributed by atoms with E-state index in [1.807, 2.05) is 66.7 Å². The van der Waals surface area contributed by atoms with Gasteiger partial charge in [0.25, 0.3) is 0 Å². The lowest BCUT2D eigenvalue weighted by Crippen LogP contribution is -2.47. The van der Waals surface area contributed by atoms with Gasteiger partial charge in [-0.15, -0.1) is 0 Å². The van der Waals surface area contributed by atoms with Gasteiger partial charge in [0, 0.05) is 18.1 Å². The van der Waals surface area contributed by atoms with Crippen LogP contribution in [0.25, 0.3) is 0 Å². The highest BCUT2D eigenvalue weighted by Gasteiger charge is 2.26. The Kier molecular flexibility index (Phi) is 8.28. The van der Waals surface area contributed by atoms with Gasteiger partial charge in [0.05, 0.1) is 13.5 Å². The van der Waals surface area contributed by atoms with Gasteiger partial charge in [-0.3, -0.25) is 9.59 Å². The lowest BCUT2D eigenvalue weighted by atomic mass is 10.1. The third kappa shape index (κ3) is 6.59. The zero-order valence-electron chi connectivity index (χ0n) is 18.3. The zero-order valence-corrected chi connectivity index (χ0v) is 19.0. The number of nitrogens with one attached hydrogen (secondary N) is 1. The molecular formula is C26H27ClN2O3. The summed E-state index contributed by atoms with van der Waals surface area (Å²) in [6.07, 6.45) is 0.195. The van der Waals surface area contributed by atoms with Crippen LogP contribution in [0.2, 0.25) is 5.02 Å². The number of benzene rings is 3. The number of nitrogens with zero attached hydrogens (tertiary/aromatic N) is 1. The van der Waals surface area contributed by atoms with E-state index in [4.69, 9.17) is 16.3 Å². The Morgan fingerprint density at radius 3 is 2.16 bits per heavy atom. The van der Waals surface area contributed by atoms with Gasteiger partial charge in [0.1, 0.15) is 11.8 Å². The number of hydrogen-bond donors (Lipinski definition) is 1. The first-order valence-electron chi connectivity index (χ1n) is 10.4.